The quantitative estimate of drug-likeness (QED) is 0.866. The minimum Gasteiger partial charge on any atom is -0.344 e. The van der Waals surface area contributed by atoms with Gasteiger partial charge in [0.05, 0.1) is 5.69 Å². The minimum atomic E-state index is -0.972. The van der Waals surface area contributed by atoms with Gasteiger partial charge < -0.3 is 10.2 Å². The van der Waals surface area contributed by atoms with Crippen molar-refractivity contribution >= 4 is 17.5 Å². The Labute approximate surface area is 145 Å². The Morgan fingerprint density at radius 2 is 1.76 bits per heavy atom. The summed E-state index contributed by atoms with van der Waals surface area (Å²) in [6, 6.07) is 11.5. The highest BCUT2D eigenvalue weighted by Gasteiger charge is 2.44. The molecule has 0 aromatic heterocycles. The fourth-order valence-corrected chi connectivity index (χ4v) is 2.98. The highest BCUT2D eigenvalue weighted by Crippen LogP contribution is 2.34. The number of anilines is 1. The van der Waals surface area contributed by atoms with E-state index < -0.39 is 23.6 Å². The number of likely N-dealkylation sites (N-methyl/N-ethyl adjacent to an activating group) is 1. The molecule has 2 aromatic rings. The number of amides is 2. The molecule has 6 heteroatoms. The van der Waals surface area contributed by atoms with Gasteiger partial charge in [-0.05, 0) is 29.8 Å². The van der Waals surface area contributed by atoms with E-state index in [4.69, 9.17) is 0 Å². The SMILES string of the molecule is C.CN1CC(c2ccc(F)cc2)C(C(=O)Nc2ccccc2F)C1=O. The largest absolute Gasteiger partial charge is 0.344 e. The zero-order chi connectivity index (χ0) is 17.3. The standard InChI is InChI=1S/C18H16F2N2O2.CH4/c1-22-10-13(11-6-8-12(19)9-7-11)16(18(22)24)17(23)21-15-5-3-2-4-14(15)20;/h2-9,13,16H,10H2,1H3,(H,21,23);1H4. The zero-order valence-corrected chi connectivity index (χ0v) is 13.0. The van der Waals surface area contributed by atoms with Gasteiger partial charge in [-0.3, -0.25) is 9.59 Å². The fraction of sp³-hybridized carbons (Fsp3) is 0.263. The molecule has 1 heterocycles. The van der Waals surface area contributed by atoms with Gasteiger partial charge in [-0.25, -0.2) is 8.78 Å². The first-order valence-electron chi connectivity index (χ1n) is 7.53. The molecule has 4 nitrogen and oxygen atoms in total. The molecule has 2 amide bonds. The van der Waals surface area contributed by atoms with Crippen molar-refractivity contribution in [2.75, 3.05) is 18.9 Å². The fourth-order valence-electron chi connectivity index (χ4n) is 2.98. The Hall–Kier alpha value is -2.76. The Morgan fingerprint density at radius 1 is 1.12 bits per heavy atom. The maximum atomic E-state index is 13.7. The van der Waals surface area contributed by atoms with E-state index in [0.717, 1.165) is 0 Å². The Balaban J connectivity index is 0.00000225. The molecular formula is C19H20F2N2O2. The predicted octanol–water partition coefficient (Wildman–Crippen LogP) is 3.41. The van der Waals surface area contributed by atoms with Crippen molar-refractivity contribution in [2.24, 2.45) is 5.92 Å². The maximum absolute atomic E-state index is 13.7. The number of hydrogen-bond donors (Lipinski definition) is 1. The van der Waals surface area contributed by atoms with Crippen LogP contribution < -0.4 is 5.32 Å². The topological polar surface area (TPSA) is 49.4 Å². The number of carbonyl (C=O) groups excluding carboxylic acids is 2. The summed E-state index contributed by atoms with van der Waals surface area (Å²) in [5, 5.41) is 2.48. The first-order valence-corrected chi connectivity index (χ1v) is 7.53. The van der Waals surface area contributed by atoms with Crippen molar-refractivity contribution in [1.82, 2.24) is 4.90 Å². The molecule has 1 N–H and O–H groups in total. The number of nitrogens with one attached hydrogen (secondary N) is 1. The Morgan fingerprint density at radius 3 is 2.40 bits per heavy atom. The van der Waals surface area contributed by atoms with Gasteiger partial charge in [0.1, 0.15) is 17.6 Å². The van der Waals surface area contributed by atoms with Crippen molar-refractivity contribution in [3.05, 3.63) is 65.7 Å². The molecule has 25 heavy (non-hydrogen) atoms. The van der Waals surface area contributed by atoms with Gasteiger partial charge in [-0.2, -0.15) is 0 Å². The summed E-state index contributed by atoms with van der Waals surface area (Å²) in [4.78, 5) is 26.4. The molecule has 0 radical (unpaired) electrons. The van der Waals surface area contributed by atoms with Gasteiger partial charge in [0, 0.05) is 19.5 Å². The lowest BCUT2D eigenvalue weighted by atomic mass is 9.88. The van der Waals surface area contributed by atoms with Gasteiger partial charge in [0.15, 0.2) is 0 Å². The zero-order valence-electron chi connectivity index (χ0n) is 13.0. The lowest BCUT2D eigenvalue weighted by Gasteiger charge is -2.17. The summed E-state index contributed by atoms with van der Waals surface area (Å²) in [6.07, 6.45) is 0. The minimum absolute atomic E-state index is 0. The lowest BCUT2D eigenvalue weighted by molar-refractivity contribution is -0.135. The van der Waals surface area contributed by atoms with Gasteiger partial charge >= 0.3 is 0 Å². The summed E-state index contributed by atoms with van der Waals surface area (Å²) in [6.45, 7) is 0.347. The molecule has 0 bridgehead atoms. The summed E-state index contributed by atoms with van der Waals surface area (Å²) in [5.41, 5.74) is 0.727. The number of rotatable bonds is 3. The van der Waals surface area contributed by atoms with Crippen LogP contribution in [-0.4, -0.2) is 30.3 Å². The van der Waals surface area contributed by atoms with E-state index >= 15 is 0 Å². The van der Waals surface area contributed by atoms with Gasteiger partial charge in [-0.1, -0.05) is 31.7 Å². The van der Waals surface area contributed by atoms with Crippen LogP contribution >= 0.6 is 0 Å². The lowest BCUT2D eigenvalue weighted by Crippen LogP contribution is -2.33. The van der Waals surface area contributed by atoms with Crippen molar-refractivity contribution in [1.29, 1.82) is 0 Å². The van der Waals surface area contributed by atoms with Crippen LogP contribution in [0.1, 0.15) is 18.9 Å². The number of likely N-dealkylation sites (tertiary alicyclic amines) is 1. The summed E-state index contributed by atoms with van der Waals surface area (Å²) < 4.78 is 26.8. The Bertz CT molecular complexity index is 777. The van der Waals surface area contributed by atoms with Crippen molar-refractivity contribution in [3.8, 4) is 0 Å². The summed E-state index contributed by atoms with van der Waals surface area (Å²) in [5.74, 6) is -3.23. The van der Waals surface area contributed by atoms with Crippen LogP contribution in [0, 0.1) is 17.6 Å². The van der Waals surface area contributed by atoms with Crippen LogP contribution in [0.2, 0.25) is 0 Å². The van der Waals surface area contributed by atoms with Gasteiger partial charge in [0.2, 0.25) is 11.8 Å². The number of benzene rings is 2. The van der Waals surface area contributed by atoms with Gasteiger partial charge in [-0.15, -0.1) is 0 Å². The molecule has 0 saturated carbocycles. The third kappa shape index (κ3) is 3.68. The molecule has 2 aromatic carbocycles. The van der Waals surface area contributed by atoms with Crippen molar-refractivity contribution in [2.45, 2.75) is 13.3 Å². The average Bonchev–Trinajstić information content (AvgIpc) is 2.86. The van der Waals surface area contributed by atoms with Crippen LogP contribution in [0.5, 0.6) is 0 Å². The molecule has 2 unspecified atom stereocenters. The molecule has 1 saturated heterocycles. The van der Waals surface area contributed by atoms with E-state index in [1.54, 1.807) is 25.2 Å². The van der Waals surface area contributed by atoms with Crippen LogP contribution in [0.15, 0.2) is 48.5 Å². The molecule has 2 atom stereocenters. The van der Waals surface area contributed by atoms with E-state index in [2.05, 4.69) is 5.32 Å². The summed E-state index contributed by atoms with van der Waals surface area (Å²) in [7, 11) is 1.61. The average molecular weight is 346 g/mol. The predicted molar refractivity (Wildman–Crippen MR) is 92.0 cm³/mol. The monoisotopic (exact) mass is 346 g/mol. The number of hydrogen-bond acceptors (Lipinski definition) is 2. The van der Waals surface area contributed by atoms with Crippen LogP contribution in [-0.2, 0) is 9.59 Å². The van der Waals surface area contributed by atoms with Crippen molar-refractivity contribution < 1.29 is 18.4 Å². The van der Waals surface area contributed by atoms with Crippen LogP contribution in [0.25, 0.3) is 0 Å². The third-order valence-electron chi connectivity index (χ3n) is 4.23. The highest BCUT2D eigenvalue weighted by atomic mass is 19.1. The second-order valence-corrected chi connectivity index (χ2v) is 5.82. The molecule has 1 aliphatic rings. The molecule has 1 fully saturated rings. The number of carbonyl (C=O) groups is 2. The van der Waals surface area contributed by atoms with Crippen LogP contribution in [0.3, 0.4) is 0 Å². The first kappa shape index (κ1) is 18.6. The number of halogens is 2. The van der Waals surface area contributed by atoms with Crippen LogP contribution in [0.4, 0.5) is 14.5 Å². The Kier molecular flexibility index (Phi) is 5.51. The second-order valence-electron chi connectivity index (χ2n) is 5.82. The number of nitrogens with zero attached hydrogens (tertiary/aromatic N) is 1. The van der Waals surface area contributed by atoms with Gasteiger partial charge in [0.25, 0.3) is 0 Å². The molecule has 0 aliphatic carbocycles. The van der Waals surface area contributed by atoms with E-state index in [1.807, 2.05) is 0 Å². The highest BCUT2D eigenvalue weighted by molar-refractivity contribution is 6.08. The molecular weight excluding hydrogens is 326 g/mol. The summed E-state index contributed by atoms with van der Waals surface area (Å²) >= 11 is 0. The smallest absolute Gasteiger partial charge is 0.237 e. The van der Waals surface area contributed by atoms with E-state index in [1.165, 1.54) is 35.2 Å². The molecule has 132 valence electrons. The van der Waals surface area contributed by atoms with E-state index in [9.17, 15) is 18.4 Å². The number of para-hydroxylation sites is 1. The second kappa shape index (κ2) is 7.42. The normalized spacial score (nSPS) is 19.5. The first-order chi connectivity index (χ1) is 11.5. The molecule has 0 spiro atoms. The maximum Gasteiger partial charge on any atom is 0.237 e. The molecule has 3 rings (SSSR count). The van der Waals surface area contributed by atoms with E-state index in [0.29, 0.717) is 12.1 Å². The molecule has 1 aliphatic heterocycles. The van der Waals surface area contributed by atoms with Crippen molar-refractivity contribution in [3.63, 3.8) is 0 Å². The third-order valence-corrected chi connectivity index (χ3v) is 4.23. The van der Waals surface area contributed by atoms with E-state index in [-0.39, 0.29) is 24.8 Å².